The van der Waals surface area contributed by atoms with Crippen LogP contribution in [0.2, 0.25) is 0 Å². The smallest absolute Gasteiger partial charge is 0.306 e. The van der Waals surface area contributed by atoms with Crippen LogP contribution in [-0.4, -0.2) is 37.2 Å². The molecule has 0 fully saturated rings. The van der Waals surface area contributed by atoms with Gasteiger partial charge in [-0.25, -0.2) is 0 Å². The normalized spacial score (nSPS) is 12.9. The molecule has 0 aliphatic rings. The minimum absolute atomic E-state index is 0.0856. The second-order valence-electron chi connectivity index (χ2n) is 22.3. The van der Waals surface area contributed by atoms with Gasteiger partial charge < -0.3 is 14.2 Å². The van der Waals surface area contributed by atoms with Crippen LogP contribution >= 0.6 is 0 Å². The number of allylic oxidation sites excluding steroid dienone is 20. The van der Waals surface area contributed by atoms with Crippen LogP contribution in [-0.2, 0) is 28.6 Å². The molecular weight excluding hydrogens is 997 g/mol. The molecule has 6 heteroatoms. The molecule has 0 saturated carbocycles. The van der Waals surface area contributed by atoms with E-state index in [4.69, 9.17) is 14.2 Å². The van der Waals surface area contributed by atoms with Crippen LogP contribution in [0.3, 0.4) is 0 Å². The van der Waals surface area contributed by atoms with E-state index in [0.717, 1.165) is 122 Å². The summed E-state index contributed by atoms with van der Waals surface area (Å²) in [4.78, 5) is 38.5. The second-order valence-corrected chi connectivity index (χ2v) is 22.3. The molecule has 0 bridgehead atoms. The topological polar surface area (TPSA) is 78.9 Å². The zero-order chi connectivity index (χ0) is 58.5. The molecule has 0 heterocycles. The molecule has 0 saturated heterocycles. The van der Waals surface area contributed by atoms with Crippen molar-refractivity contribution in [2.24, 2.45) is 0 Å². The fraction of sp³-hybridized carbons (Fsp3) is 0.693. The maximum absolute atomic E-state index is 13.0. The largest absolute Gasteiger partial charge is 0.462 e. The van der Waals surface area contributed by atoms with E-state index in [0.29, 0.717) is 19.3 Å². The zero-order valence-corrected chi connectivity index (χ0v) is 53.0. The molecule has 0 aromatic rings. The Balaban J connectivity index is 4.40. The summed E-state index contributed by atoms with van der Waals surface area (Å²) in [5.74, 6) is -0.892. The van der Waals surface area contributed by atoms with Gasteiger partial charge >= 0.3 is 17.9 Å². The molecule has 1 atom stereocenters. The van der Waals surface area contributed by atoms with E-state index in [9.17, 15) is 14.4 Å². The predicted molar refractivity (Wildman–Crippen MR) is 353 cm³/mol. The molecule has 1 unspecified atom stereocenters. The van der Waals surface area contributed by atoms with Gasteiger partial charge in [0.2, 0.25) is 0 Å². The van der Waals surface area contributed by atoms with Crippen LogP contribution in [0.15, 0.2) is 122 Å². The Morgan fingerprint density at radius 1 is 0.259 bits per heavy atom. The third kappa shape index (κ3) is 66.5. The van der Waals surface area contributed by atoms with E-state index in [1.54, 1.807) is 0 Å². The van der Waals surface area contributed by atoms with Gasteiger partial charge in [-0.1, -0.05) is 290 Å². The van der Waals surface area contributed by atoms with Crippen molar-refractivity contribution in [3.63, 3.8) is 0 Å². The fourth-order valence-electron chi connectivity index (χ4n) is 9.40. The summed E-state index contributed by atoms with van der Waals surface area (Å²) in [5.41, 5.74) is 0. The predicted octanol–water partition coefficient (Wildman–Crippen LogP) is 23.6. The van der Waals surface area contributed by atoms with Crippen molar-refractivity contribution in [3.8, 4) is 0 Å². The lowest BCUT2D eigenvalue weighted by Crippen LogP contribution is -2.30. The number of esters is 3. The molecule has 0 aliphatic carbocycles. The Labute approximate surface area is 501 Å². The molecular formula is C75H126O6. The van der Waals surface area contributed by atoms with Crippen molar-refractivity contribution in [1.29, 1.82) is 0 Å². The van der Waals surface area contributed by atoms with Gasteiger partial charge in [0.25, 0.3) is 0 Å². The van der Waals surface area contributed by atoms with Crippen molar-refractivity contribution >= 4 is 17.9 Å². The lowest BCUT2D eigenvalue weighted by Gasteiger charge is -2.18. The first-order chi connectivity index (χ1) is 40.0. The van der Waals surface area contributed by atoms with Crippen LogP contribution in [0.25, 0.3) is 0 Å². The van der Waals surface area contributed by atoms with Crippen LogP contribution in [0.4, 0.5) is 0 Å². The highest BCUT2D eigenvalue weighted by atomic mass is 16.6. The molecule has 0 aromatic carbocycles. The van der Waals surface area contributed by atoms with Gasteiger partial charge in [-0.05, 0) is 128 Å². The summed E-state index contributed by atoms with van der Waals surface area (Å²) >= 11 is 0. The van der Waals surface area contributed by atoms with E-state index < -0.39 is 6.10 Å². The van der Waals surface area contributed by atoms with E-state index in [1.165, 1.54) is 154 Å². The maximum atomic E-state index is 13.0. The van der Waals surface area contributed by atoms with Crippen molar-refractivity contribution in [1.82, 2.24) is 0 Å². The molecule has 0 radical (unpaired) electrons. The Kier molecular flexibility index (Phi) is 64.8. The molecule has 462 valence electrons. The highest BCUT2D eigenvalue weighted by molar-refractivity contribution is 5.71. The standard InChI is InChI=1S/C75H126O6/c1-4-7-10-13-16-19-22-25-28-31-33-35-37-39-41-44-47-50-53-56-59-62-65-68-74(77)80-71-72(70-79-73(76)67-64-61-58-55-52-49-46-43-30-27-24-21-18-15-12-9-6-3)81-75(78)69-66-63-60-57-54-51-48-45-42-40-38-36-34-32-29-26-23-20-17-14-11-8-5-2/h7-8,10-11,16-21,25-30,33-36,72H,4-6,9,12-15,22-24,31-32,37-71H2,1-3H3/b10-7-,11-8-,19-16-,20-17-,21-18-,28-25-,29-26-,30-27-,35-33-,36-34-. The molecule has 81 heavy (non-hydrogen) atoms. The third-order valence-corrected chi connectivity index (χ3v) is 14.4. The van der Waals surface area contributed by atoms with E-state index in [2.05, 4.69) is 142 Å². The minimum Gasteiger partial charge on any atom is -0.462 e. The molecule has 0 spiro atoms. The van der Waals surface area contributed by atoms with E-state index in [1.807, 2.05) is 0 Å². The highest BCUT2D eigenvalue weighted by Crippen LogP contribution is 2.16. The van der Waals surface area contributed by atoms with Gasteiger partial charge in [0.15, 0.2) is 6.10 Å². The molecule has 0 rings (SSSR count). The molecule has 6 nitrogen and oxygen atoms in total. The Hall–Kier alpha value is -4.19. The maximum Gasteiger partial charge on any atom is 0.306 e. The quantitative estimate of drug-likeness (QED) is 0.0261. The number of rotatable bonds is 61. The second kappa shape index (κ2) is 68.3. The Bertz CT molecular complexity index is 1670. The number of hydrogen-bond acceptors (Lipinski definition) is 6. The van der Waals surface area contributed by atoms with Crippen molar-refractivity contribution in [2.75, 3.05) is 13.2 Å². The van der Waals surface area contributed by atoms with Gasteiger partial charge in [0, 0.05) is 19.3 Å². The van der Waals surface area contributed by atoms with Crippen molar-refractivity contribution < 1.29 is 28.6 Å². The summed E-state index contributed by atoms with van der Waals surface area (Å²) in [5, 5.41) is 0. The SMILES string of the molecule is CC/C=C\C/C=C\C/C=C\C/C=C\CCCCCCCCCCCCC(=O)OCC(COC(=O)CCCCCCCCC/C=C\C/C=C\CCCCC)OC(=O)CCCCCCCCCCCC/C=C\C/C=C\C/C=C\C/C=C\CC. The summed E-state index contributed by atoms with van der Waals surface area (Å²) in [6.07, 6.45) is 94.9. The average Bonchev–Trinajstić information content (AvgIpc) is 3.47. The van der Waals surface area contributed by atoms with Gasteiger partial charge in [-0.2, -0.15) is 0 Å². The number of hydrogen-bond donors (Lipinski definition) is 0. The van der Waals surface area contributed by atoms with Crippen LogP contribution in [0.1, 0.15) is 316 Å². The molecule has 0 N–H and O–H groups in total. The lowest BCUT2D eigenvalue weighted by molar-refractivity contribution is -0.167. The third-order valence-electron chi connectivity index (χ3n) is 14.4. The van der Waals surface area contributed by atoms with Crippen LogP contribution in [0, 0.1) is 0 Å². The minimum atomic E-state index is -0.791. The molecule has 0 aromatic heterocycles. The first-order valence-electron chi connectivity index (χ1n) is 34.0. The lowest BCUT2D eigenvalue weighted by atomic mass is 10.0. The van der Waals surface area contributed by atoms with Gasteiger partial charge in [-0.15, -0.1) is 0 Å². The van der Waals surface area contributed by atoms with Gasteiger partial charge in [0.05, 0.1) is 0 Å². The first-order valence-corrected chi connectivity index (χ1v) is 34.0. The Morgan fingerprint density at radius 2 is 0.481 bits per heavy atom. The van der Waals surface area contributed by atoms with Crippen molar-refractivity contribution in [3.05, 3.63) is 122 Å². The molecule has 0 aliphatic heterocycles. The number of unbranched alkanes of at least 4 members (excludes halogenated alkanes) is 30. The summed E-state index contributed by atoms with van der Waals surface area (Å²) in [6.45, 7) is 6.41. The van der Waals surface area contributed by atoms with Crippen molar-refractivity contribution in [2.45, 2.75) is 322 Å². The van der Waals surface area contributed by atoms with E-state index >= 15 is 0 Å². The highest BCUT2D eigenvalue weighted by Gasteiger charge is 2.19. The molecule has 0 amide bonds. The van der Waals surface area contributed by atoms with Gasteiger partial charge in [-0.3, -0.25) is 14.4 Å². The summed E-state index contributed by atoms with van der Waals surface area (Å²) in [7, 11) is 0. The van der Waals surface area contributed by atoms with Gasteiger partial charge in [0.1, 0.15) is 13.2 Å². The number of ether oxygens (including phenoxy) is 3. The fourth-order valence-corrected chi connectivity index (χ4v) is 9.40. The van der Waals surface area contributed by atoms with Crippen LogP contribution in [0.5, 0.6) is 0 Å². The summed E-state index contributed by atoms with van der Waals surface area (Å²) in [6, 6.07) is 0. The van der Waals surface area contributed by atoms with E-state index in [-0.39, 0.29) is 31.1 Å². The summed E-state index contributed by atoms with van der Waals surface area (Å²) < 4.78 is 17.0. The Morgan fingerprint density at radius 3 is 0.753 bits per heavy atom. The monoisotopic (exact) mass is 1120 g/mol. The van der Waals surface area contributed by atoms with Crippen LogP contribution < -0.4 is 0 Å². The average molecular weight is 1120 g/mol. The zero-order valence-electron chi connectivity index (χ0n) is 53.0. The number of carbonyl (C=O) groups excluding carboxylic acids is 3. The first kappa shape index (κ1) is 76.8. The number of carbonyl (C=O) groups is 3.